The van der Waals surface area contributed by atoms with Gasteiger partial charge in [0.25, 0.3) is 0 Å². The highest BCUT2D eigenvalue weighted by Crippen LogP contribution is 2.27. The van der Waals surface area contributed by atoms with Crippen LogP contribution in [0.4, 0.5) is 5.69 Å². The maximum atomic E-state index is 6.02. The first-order valence-corrected chi connectivity index (χ1v) is 5.95. The zero-order chi connectivity index (χ0) is 11.5. The van der Waals surface area contributed by atoms with E-state index in [-0.39, 0.29) is 6.10 Å². The first-order chi connectivity index (χ1) is 7.70. The fraction of sp³-hybridized carbons (Fsp3) is 0.500. The van der Waals surface area contributed by atoms with Crippen LogP contribution in [0.2, 0.25) is 5.02 Å². The lowest BCUT2D eigenvalue weighted by Gasteiger charge is -2.33. The second kappa shape index (κ2) is 5.04. The molecule has 0 saturated carbocycles. The lowest BCUT2D eigenvalue weighted by Crippen LogP contribution is -2.38. The normalized spacial score (nSPS) is 17.8. The van der Waals surface area contributed by atoms with E-state index in [4.69, 9.17) is 22.3 Å². The van der Waals surface area contributed by atoms with Crippen LogP contribution in [0, 0.1) is 6.92 Å². The molecule has 1 aromatic rings. The van der Waals surface area contributed by atoms with Gasteiger partial charge in [0.2, 0.25) is 0 Å². The molecule has 16 heavy (non-hydrogen) atoms. The third kappa shape index (κ3) is 2.48. The van der Waals surface area contributed by atoms with Crippen molar-refractivity contribution in [2.45, 2.75) is 25.9 Å². The van der Waals surface area contributed by atoms with Crippen LogP contribution in [0.1, 0.15) is 18.4 Å². The number of benzene rings is 1. The van der Waals surface area contributed by atoms with Crippen molar-refractivity contribution >= 4 is 17.3 Å². The van der Waals surface area contributed by atoms with E-state index < -0.39 is 0 Å². The van der Waals surface area contributed by atoms with Crippen molar-refractivity contribution in [2.75, 3.05) is 18.0 Å². The molecule has 0 aromatic heterocycles. The molecule has 1 aromatic carbocycles. The zero-order valence-corrected chi connectivity index (χ0v) is 10.2. The second-order valence-electron chi connectivity index (χ2n) is 4.25. The van der Waals surface area contributed by atoms with Crippen LogP contribution in [0.25, 0.3) is 0 Å². The number of rotatable bonds is 2. The summed E-state index contributed by atoms with van der Waals surface area (Å²) < 4.78 is 0. The van der Waals surface area contributed by atoms with Crippen molar-refractivity contribution < 1.29 is 4.84 Å². The van der Waals surface area contributed by atoms with Crippen LogP contribution in [0.15, 0.2) is 18.2 Å². The number of halogens is 1. The molecule has 1 saturated heterocycles. The molecule has 1 heterocycles. The van der Waals surface area contributed by atoms with Crippen molar-refractivity contribution in [3.63, 3.8) is 0 Å². The van der Waals surface area contributed by atoms with Gasteiger partial charge in [-0.3, -0.25) is 0 Å². The van der Waals surface area contributed by atoms with Gasteiger partial charge >= 0.3 is 0 Å². The highest BCUT2D eigenvalue weighted by molar-refractivity contribution is 6.30. The molecule has 2 rings (SSSR count). The van der Waals surface area contributed by atoms with Crippen LogP contribution in [-0.4, -0.2) is 19.2 Å². The molecule has 0 aliphatic carbocycles. The average molecular weight is 241 g/mol. The Hall–Kier alpha value is -0.770. The van der Waals surface area contributed by atoms with Gasteiger partial charge in [-0.2, -0.15) is 0 Å². The molecular formula is C12H17ClN2O. The number of hydrogen-bond donors (Lipinski definition) is 1. The third-order valence-corrected chi connectivity index (χ3v) is 3.38. The summed E-state index contributed by atoms with van der Waals surface area (Å²) in [5.74, 6) is 5.20. The minimum Gasteiger partial charge on any atom is -0.371 e. The third-order valence-electron chi connectivity index (χ3n) is 3.15. The van der Waals surface area contributed by atoms with E-state index in [0.29, 0.717) is 0 Å². The average Bonchev–Trinajstić information content (AvgIpc) is 2.32. The summed E-state index contributed by atoms with van der Waals surface area (Å²) in [7, 11) is 0. The lowest BCUT2D eigenvalue weighted by atomic mass is 10.1. The predicted molar refractivity (Wildman–Crippen MR) is 66.7 cm³/mol. The number of anilines is 1. The molecule has 0 atom stereocenters. The summed E-state index contributed by atoms with van der Waals surface area (Å²) in [4.78, 5) is 7.22. The van der Waals surface area contributed by atoms with Gasteiger partial charge in [-0.15, -0.1) is 0 Å². The molecule has 1 aliphatic heterocycles. The van der Waals surface area contributed by atoms with Crippen molar-refractivity contribution in [1.82, 2.24) is 0 Å². The molecule has 1 aliphatic rings. The van der Waals surface area contributed by atoms with Gasteiger partial charge in [0.15, 0.2) is 0 Å². The maximum absolute atomic E-state index is 6.02. The first-order valence-electron chi connectivity index (χ1n) is 5.57. The van der Waals surface area contributed by atoms with E-state index in [1.165, 1.54) is 11.3 Å². The van der Waals surface area contributed by atoms with Crippen LogP contribution < -0.4 is 10.8 Å². The minimum atomic E-state index is 0.204. The largest absolute Gasteiger partial charge is 0.371 e. The van der Waals surface area contributed by atoms with Crippen molar-refractivity contribution in [3.8, 4) is 0 Å². The molecule has 0 amide bonds. The molecule has 0 radical (unpaired) electrons. The number of hydrogen-bond acceptors (Lipinski definition) is 3. The minimum absolute atomic E-state index is 0.204. The number of aryl methyl sites for hydroxylation is 1. The highest BCUT2D eigenvalue weighted by Gasteiger charge is 2.20. The summed E-state index contributed by atoms with van der Waals surface area (Å²) in [6.45, 7) is 4.06. The molecule has 88 valence electrons. The fourth-order valence-electron chi connectivity index (χ4n) is 2.16. The van der Waals surface area contributed by atoms with E-state index in [0.717, 1.165) is 31.0 Å². The molecule has 0 spiro atoms. The second-order valence-corrected chi connectivity index (χ2v) is 4.69. The summed E-state index contributed by atoms with van der Waals surface area (Å²) in [5, 5.41) is 0.790. The quantitative estimate of drug-likeness (QED) is 0.808. The van der Waals surface area contributed by atoms with Gasteiger partial charge in [0.05, 0.1) is 6.10 Å². The Balaban J connectivity index is 2.10. The Morgan fingerprint density at radius 3 is 2.69 bits per heavy atom. The van der Waals surface area contributed by atoms with Crippen LogP contribution in [0.5, 0.6) is 0 Å². The fourth-order valence-corrected chi connectivity index (χ4v) is 2.32. The Kier molecular flexibility index (Phi) is 3.69. The Morgan fingerprint density at radius 1 is 1.38 bits per heavy atom. The molecule has 0 unspecified atom stereocenters. The van der Waals surface area contributed by atoms with Crippen LogP contribution >= 0.6 is 11.6 Å². The van der Waals surface area contributed by atoms with Gasteiger partial charge in [0, 0.05) is 23.8 Å². The highest BCUT2D eigenvalue weighted by atomic mass is 35.5. The van der Waals surface area contributed by atoms with Gasteiger partial charge in [0.1, 0.15) is 0 Å². The Bertz CT molecular complexity index is 362. The zero-order valence-electron chi connectivity index (χ0n) is 9.45. The smallest absolute Gasteiger partial charge is 0.0821 e. The summed E-state index contributed by atoms with van der Waals surface area (Å²) in [6, 6.07) is 6.01. The van der Waals surface area contributed by atoms with Gasteiger partial charge in [-0.05, 0) is 37.5 Å². The van der Waals surface area contributed by atoms with Gasteiger partial charge < -0.3 is 9.74 Å². The predicted octanol–water partition coefficient (Wildman–Crippen LogP) is 2.51. The van der Waals surface area contributed by atoms with E-state index in [2.05, 4.69) is 17.9 Å². The van der Waals surface area contributed by atoms with Gasteiger partial charge in [-0.1, -0.05) is 17.7 Å². The topological polar surface area (TPSA) is 38.5 Å². The molecule has 1 fully saturated rings. The number of nitrogens with two attached hydrogens (primary N) is 1. The Labute approximate surface area is 101 Å². The number of piperidine rings is 1. The van der Waals surface area contributed by atoms with Crippen LogP contribution in [-0.2, 0) is 4.84 Å². The summed E-state index contributed by atoms with van der Waals surface area (Å²) in [6.07, 6.45) is 2.15. The van der Waals surface area contributed by atoms with E-state index >= 15 is 0 Å². The molecule has 3 nitrogen and oxygen atoms in total. The molecule has 0 bridgehead atoms. The molecule has 4 heteroatoms. The standard InChI is InChI=1S/C12H17ClN2O/c1-9-2-3-10(13)8-12(9)15-6-4-11(16-14)5-7-15/h2-3,8,11H,4-7,14H2,1H3. The maximum Gasteiger partial charge on any atom is 0.0821 e. The van der Waals surface area contributed by atoms with Crippen molar-refractivity contribution in [3.05, 3.63) is 28.8 Å². The summed E-state index contributed by atoms with van der Waals surface area (Å²) in [5.41, 5.74) is 2.49. The lowest BCUT2D eigenvalue weighted by molar-refractivity contribution is 0.0367. The van der Waals surface area contributed by atoms with E-state index in [1.807, 2.05) is 12.1 Å². The van der Waals surface area contributed by atoms with E-state index in [1.54, 1.807) is 0 Å². The SMILES string of the molecule is Cc1ccc(Cl)cc1N1CCC(ON)CC1. The molecule has 2 N–H and O–H groups in total. The van der Waals surface area contributed by atoms with E-state index in [9.17, 15) is 0 Å². The van der Waals surface area contributed by atoms with Gasteiger partial charge in [-0.25, -0.2) is 5.90 Å². The van der Waals surface area contributed by atoms with Crippen LogP contribution in [0.3, 0.4) is 0 Å². The Morgan fingerprint density at radius 2 is 2.06 bits per heavy atom. The first kappa shape index (κ1) is 11.7. The monoisotopic (exact) mass is 240 g/mol. The van der Waals surface area contributed by atoms with Crippen molar-refractivity contribution in [2.24, 2.45) is 5.90 Å². The summed E-state index contributed by atoms with van der Waals surface area (Å²) >= 11 is 6.02. The number of nitrogens with zero attached hydrogens (tertiary/aromatic N) is 1. The molecular weight excluding hydrogens is 224 g/mol. The van der Waals surface area contributed by atoms with Crippen molar-refractivity contribution in [1.29, 1.82) is 0 Å².